The highest BCUT2D eigenvalue weighted by Crippen LogP contribution is 2.33. The van der Waals surface area contributed by atoms with Crippen molar-refractivity contribution in [1.82, 2.24) is 0 Å². The van der Waals surface area contributed by atoms with Crippen LogP contribution >= 0.6 is 11.8 Å². The van der Waals surface area contributed by atoms with Crippen LogP contribution in [0.25, 0.3) is 0 Å². The molecular formula is C14H13FN2OS. The molecule has 0 aromatic heterocycles. The Kier molecular flexibility index (Phi) is 4.06. The van der Waals surface area contributed by atoms with Crippen molar-refractivity contribution in [2.75, 3.05) is 0 Å². The zero-order valence-corrected chi connectivity index (χ0v) is 11.1. The van der Waals surface area contributed by atoms with Gasteiger partial charge in [0.2, 0.25) is 0 Å². The number of rotatable bonds is 3. The molecule has 3 nitrogen and oxygen atoms in total. The van der Waals surface area contributed by atoms with Gasteiger partial charge in [-0.3, -0.25) is 0 Å². The lowest BCUT2D eigenvalue weighted by Gasteiger charge is -2.11. The van der Waals surface area contributed by atoms with Gasteiger partial charge in [0.1, 0.15) is 5.82 Å². The van der Waals surface area contributed by atoms with E-state index in [2.05, 4.69) is 5.16 Å². The summed E-state index contributed by atoms with van der Waals surface area (Å²) >= 11 is 1.39. The predicted octanol–water partition coefficient (Wildman–Crippen LogP) is 3.38. The van der Waals surface area contributed by atoms with Crippen molar-refractivity contribution in [3.05, 3.63) is 59.4 Å². The molecule has 2 rings (SSSR count). The minimum absolute atomic E-state index is 0.0441. The second kappa shape index (κ2) is 5.75. The fraction of sp³-hybridized carbons (Fsp3) is 0.0714. The summed E-state index contributed by atoms with van der Waals surface area (Å²) in [6.07, 6.45) is 0. The van der Waals surface area contributed by atoms with Crippen molar-refractivity contribution in [2.45, 2.75) is 16.7 Å². The molecule has 0 saturated carbocycles. The molecule has 0 aliphatic heterocycles. The number of aryl methyl sites for hydroxylation is 1. The first-order chi connectivity index (χ1) is 9.11. The van der Waals surface area contributed by atoms with E-state index in [9.17, 15) is 4.39 Å². The number of halogens is 1. The molecule has 0 amide bonds. The molecular weight excluding hydrogens is 263 g/mol. The number of oxime groups is 1. The number of benzene rings is 2. The van der Waals surface area contributed by atoms with E-state index in [1.54, 1.807) is 12.1 Å². The second-order valence-electron chi connectivity index (χ2n) is 4.00. The Labute approximate surface area is 114 Å². The van der Waals surface area contributed by atoms with Crippen molar-refractivity contribution < 1.29 is 9.60 Å². The molecule has 2 aromatic carbocycles. The van der Waals surface area contributed by atoms with Crippen LogP contribution in [0.1, 0.15) is 11.1 Å². The lowest BCUT2D eigenvalue weighted by Crippen LogP contribution is -2.14. The van der Waals surface area contributed by atoms with Crippen LogP contribution in [-0.2, 0) is 0 Å². The third-order valence-corrected chi connectivity index (χ3v) is 3.85. The van der Waals surface area contributed by atoms with Crippen LogP contribution < -0.4 is 5.73 Å². The Hall–Kier alpha value is -2.01. The van der Waals surface area contributed by atoms with Gasteiger partial charge in [0.15, 0.2) is 5.84 Å². The summed E-state index contributed by atoms with van der Waals surface area (Å²) in [6.45, 7) is 1.93. The molecule has 0 atom stereocenters. The number of nitrogens with two attached hydrogens (primary N) is 1. The van der Waals surface area contributed by atoms with Crippen LogP contribution in [0.15, 0.2) is 57.4 Å². The lowest BCUT2D eigenvalue weighted by atomic mass is 10.1. The van der Waals surface area contributed by atoms with Gasteiger partial charge in [-0.1, -0.05) is 35.1 Å². The Morgan fingerprint density at radius 2 is 2.00 bits per heavy atom. The molecule has 19 heavy (non-hydrogen) atoms. The van der Waals surface area contributed by atoms with E-state index in [4.69, 9.17) is 10.9 Å². The zero-order valence-electron chi connectivity index (χ0n) is 10.3. The third kappa shape index (κ3) is 3.06. The topological polar surface area (TPSA) is 58.6 Å². The highest BCUT2D eigenvalue weighted by molar-refractivity contribution is 7.99. The molecule has 0 unspecified atom stereocenters. The molecule has 0 saturated heterocycles. The molecule has 5 heteroatoms. The highest BCUT2D eigenvalue weighted by Gasteiger charge is 2.11. The molecule has 2 aromatic rings. The van der Waals surface area contributed by atoms with Gasteiger partial charge < -0.3 is 10.9 Å². The first-order valence-corrected chi connectivity index (χ1v) is 6.44. The number of nitrogens with zero attached hydrogens (tertiary/aromatic N) is 1. The molecule has 0 fully saturated rings. The van der Waals surface area contributed by atoms with E-state index >= 15 is 0 Å². The molecule has 0 spiro atoms. The smallest absolute Gasteiger partial charge is 0.171 e. The molecule has 0 aliphatic carbocycles. The second-order valence-corrected chi connectivity index (χ2v) is 5.08. The standard InChI is InChI=1S/C14H13FN2OS/c1-9-4-2-7-12(14(16)17-18)13(9)19-11-6-3-5-10(15)8-11/h2-8,18H,1H3,(H2,16,17). The summed E-state index contributed by atoms with van der Waals surface area (Å²) in [7, 11) is 0. The van der Waals surface area contributed by atoms with E-state index in [0.29, 0.717) is 5.56 Å². The Balaban J connectivity index is 2.44. The number of hydrogen-bond acceptors (Lipinski definition) is 3. The fourth-order valence-electron chi connectivity index (χ4n) is 1.69. The summed E-state index contributed by atoms with van der Waals surface area (Å²) in [5.74, 6) is -0.244. The average Bonchev–Trinajstić information content (AvgIpc) is 2.40. The van der Waals surface area contributed by atoms with Gasteiger partial charge in [0.25, 0.3) is 0 Å². The molecule has 0 radical (unpaired) electrons. The minimum atomic E-state index is -0.288. The number of amidine groups is 1. The van der Waals surface area contributed by atoms with Crippen molar-refractivity contribution in [2.24, 2.45) is 10.9 Å². The SMILES string of the molecule is Cc1cccc(/C(N)=N/O)c1Sc1cccc(F)c1. The molecule has 98 valence electrons. The first kappa shape index (κ1) is 13.4. The maximum absolute atomic E-state index is 13.2. The summed E-state index contributed by atoms with van der Waals surface area (Å²) < 4.78 is 13.2. The van der Waals surface area contributed by atoms with Crippen LogP contribution in [0.5, 0.6) is 0 Å². The fourth-order valence-corrected chi connectivity index (χ4v) is 2.76. The Bertz CT molecular complexity index is 629. The molecule has 0 heterocycles. The van der Waals surface area contributed by atoms with Gasteiger partial charge in [-0.2, -0.15) is 0 Å². The molecule has 0 aliphatic rings. The van der Waals surface area contributed by atoms with Crippen molar-refractivity contribution >= 4 is 17.6 Å². The van der Waals surface area contributed by atoms with Crippen LogP contribution in [0.3, 0.4) is 0 Å². The van der Waals surface area contributed by atoms with Crippen LogP contribution in [0.2, 0.25) is 0 Å². The highest BCUT2D eigenvalue weighted by atomic mass is 32.2. The summed E-state index contributed by atoms with van der Waals surface area (Å²) in [6, 6.07) is 11.8. The maximum Gasteiger partial charge on any atom is 0.171 e. The van der Waals surface area contributed by atoms with Crippen LogP contribution in [0.4, 0.5) is 4.39 Å². The van der Waals surface area contributed by atoms with E-state index in [1.807, 2.05) is 25.1 Å². The van der Waals surface area contributed by atoms with Gasteiger partial charge in [-0.05, 0) is 36.8 Å². The van der Waals surface area contributed by atoms with Crippen molar-refractivity contribution in [3.8, 4) is 0 Å². The zero-order chi connectivity index (χ0) is 13.8. The van der Waals surface area contributed by atoms with Crippen molar-refractivity contribution in [3.63, 3.8) is 0 Å². The quantitative estimate of drug-likeness (QED) is 0.391. The van der Waals surface area contributed by atoms with E-state index in [1.165, 1.54) is 23.9 Å². The lowest BCUT2D eigenvalue weighted by molar-refractivity contribution is 0.318. The van der Waals surface area contributed by atoms with Gasteiger partial charge >= 0.3 is 0 Å². The monoisotopic (exact) mass is 276 g/mol. The predicted molar refractivity (Wildman–Crippen MR) is 74.2 cm³/mol. The normalized spacial score (nSPS) is 11.6. The van der Waals surface area contributed by atoms with Gasteiger partial charge in [-0.15, -0.1) is 0 Å². The average molecular weight is 276 g/mol. The maximum atomic E-state index is 13.2. The largest absolute Gasteiger partial charge is 0.409 e. The van der Waals surface area contributed by atoms with E-state index in [0.717, 1.165) is 15.4 Å². The Morgan fingerprint density at radius 3 is 2.68 bits per heavy atom. The molecule has 3 N–H and O–H groups in total. The summed E-state index contributed by atoms with van der Waals surface area (Å²) in [5, 5.41) is 11.8. The van der Waals surface area contributed by atoms with E-state index < -0.39 is 0 Å². The van der Waals surface area contributed by atoms with Crippen LogP contribution in [-0.4, -0.2) is 11.0 Å². The Morgan fingerprint density at radius 1 is 1.26 bits per heavy atom. The van der Waals surface area contributed by atoms with Gasteiger partial charge in [-0.25, -0.2) is 4.39 Å². The third-order valence-electron chi connectivity index (χ3n) is 2.61. The van der Waals surface area contributed by atoms with Crippen molar-refractivity contribution in [1.29, 1.82) is 0 Å². The van der Waals surface area contributed by atoms with E-state index in [-0.39, 0.29) is 11.7 Å². The minimum Gasteiger partial charge on any atom is -0.409 e. The molecule has 0 bridgehead atoms. The number of hydrogen-bond donors (Lipinski definition) is 2. The first-order valence-electron chi connectivity index (χ1n) is 5.62. The van der Waals surface area contributed by atoms with Crippen LogP contribution in [0, 0.1) is 12.7 Å². The van der Waals surface area contributed by atoms with Gasteiger partial charge in [0, 0.05) is 15.4 Å². The summed E-state index contributed by atoms with van der Waals surface area (Å²) in [4.78, 5) is 1.62. The summed E-state index contributed by atoms with van der Waals surface area (Å²) in [5.41, 5.74) is 7.28. The van der Waals surface area contributed by atoms with Gasteiger partial charge in [0.05, 0.1) is 0 Å².